The Morgan fingerprint density at radius 3 is 2.49 bits per heavy atom. The molecule has 0 saturated heterocycles. The monoisotopic (exact) mass is 537 g/mol. The summed E-state index contributed by atoms with van der Waals surface area (Å²) in [5.41, 5.74) is 1.52. The summed E-state index contributed by atoms with van der Waals surface area (Å²) in [4.78, 5) is 28.1. The number of carbonyl (C=O) groups excluding carboxylic acids is 2. The summed E-state index contributed by atoms with van der Waals surface area (Å²) in [5, 5.41) is 5.79. The first-order valence-electron chi connectivity index (χ1n) is 12.3. The molecule has 0 spiro atoms. The quantitative estimate of drug-likeness (QED) is 0.382. The lowest BCUT2D eigenvalue weighted by atomic mass is 9.97. The molecule has 0 aliphatic carbocycles. The van der Waals surface area contributed by atoms with Crippen LogP contribution in [0.4, 0.5) is 8.78 Å². The van der Waals surface area contributed by atoms with E-state index in [4.69, 9.17) is 14.2 Å². The van der Waals surface area contributed by atoms with Gasteiger partial charge in [-0.25, -0.2) is 13.8 Å². The second-order valence-electron chi connectivity index (χ2n) is 8.82. The van der Waals surface area contributed by atoms with Gasteiger partial charge in [-0.15, -0.1) is 0 Å². The zero-order chi connectivity index (χ0) is 27.9. The van der Waals surface area contributed by atoms with Crippen LogP contribution in [0.1, 0.15) is 33.9 Å². The van der Waals surface area contributed by atoms with E-state index in [0.29, 0.717) is 22.8 Å². The van der Waals surface area contributed by atoms with Crippen LogP contribution in [0.2, 0.25) is 0 Å². The molecule has 0 fully saturated rings. The molecular weight excluding hydrogens is 508 g/mol. The largest absolute Gasteiger partial charge is 0.497 e. The molecule has 204 valence electrons. The van der Waals surface area contributed by atoms with E-state index in [1.807, 2.05) is 0 Å². The number of ether oxygens (including phenoxy) is 3. The maximum absolute atomic E-state index is 14.9. The summed E-state index contributed by atoms with van der Waals surface area (Å²) in [7, 11) is 4.52. The molecule has 1 heterocycles. The highest BCUT2D eigenvalue weighted by atomic mass is 19.1. The third-order valence-electron chi connectivity index (χ3n) is 6.40. The van der Waals surface area contributed by atoms with Gasteiger partial charge in [0.25, 0.3) is 11.8 Å². The normalized spacial score (nSPS) is 14.6. The third kappa shape index (κ3) is 6.23. The molecule has 1 aliphatic heterocycles. The van der Waals surface area contributed by atoms with Crippen LogP contribution in [-0.2, 0) is 9.53 Å². The van der Waals surface area contributed by atoms with Crippen LogP contribution < -0.4 is 9.47 Å². The second-order valence-corrected chi connectivity index (χ2v) is 8.82. The average molecular weight is 538 g/mol. The second kappa shape index (κ2) is 12.5. The molecule has 0 aromatic heterocycles. The Balaban J connectivity index is 1.69. The minimum absolute atomic E-state index is 0.0820. The Morgan fingerprint density at radius 1 is 1.00 bits per heavy atom. The van der Waals surface area contributed by atoms with Gasteiger partial charge >= 0.3 is 0 Å². The highest BCUT2D eigenvalue weighted by Gasteiger charge is 2.36. The van der Waals surface area contributed by atoms with E-state index in [1.54, 1.807) is 36.4 Å². The molecule has 0 bridgehead atoms. The highest BCUT2D eigenvalue weighted by Crippen LogP contribution is 2.37. The Kier molecular flexibility index (Phi) is 8.88. The topological polar surface area (TPSA) is 80.7 Å². The SMILES string of the molecule is COCCN(CC(=O)N1N=C(c2ccc(OC)cc2OC)C[C@@H]1c1ccccc1F)C(=O)c1cccc(F)c1. The van der Waals surface area contributed by atoms with Gasteiger partial charge in [0.05, 0.1) is 32.6 Å². The van der Waals surface area contributed by atoms with Crippen molar-refractivity contribution in [2.45, 2.75) is 12.5 Å². The van der Waals surface area contributed by atoms with Gasteiger partial charge in [0.1, 0.15) is 29.7 Å². The van der Waals surface area contributed by atoms with Crippen molar-refractivity contribution in [2.24, 2.45) is 5.10 Å². The van der Waals surface area contributed by atoms with Gasteiger partial charge in [0.15, 0.2) is 0 Å². The highest BCUT2D eigenvalue weighted by molar-refractivity contribution is 6.05. The minimum Gasteiger partial charge on any atom is -0.497 e. The van der Waals surface area contributed by atoms with E-state index < -0.39 is 29.5 Å². The van der Waals surface area contributed by atoms with Gasteiger partial charge in [-0.2, -0.15) is 5.10 Å². The van der Waals surface area contributed by atoms with E-state index in [-0.39, 0.29) is 37.2 Å². The summed E-state index contributed by atoms with van der Waals surface area (Å²) in [5.74, 6) is -1.06. The molecular formula is C29H29F2N3O5. The van der Waals surface area contributed by atoms with Gasteiger partial charge in [-0.1, -0.05) is 24.3 Å². The van der Waals surface area contributed by atoms with Crippen molar-refractivity contribution in [3.05, 3.63) is 95.1 Å². The fourth-order valence-corrected chi connectivity index (χ4v) is 4.42. The van der Waals surface area contributed by atoms with Crippen molar-refractivity contribution >= 4 is 17.5 Å². The van der Waals surface area contributed by atoms with Gasteiger partial charge in [0.2, 0.25) is 0 Å². The lowest BCUT2D eigenvalue weighted by molar-refractivity contribution is -0.133. The molecule has 0 radical (unpaired) electrons. The van der Waals surface area contributed by atoms with E-state index in [2.05, 4.69) is 5.10 Å². The number of hydrogen-bond donors (Lipinski definition) is 0. The predicted octanol–water partition coefficient (Wildman–Crippen LogP) is 4.45. The predicted molar refractivity (Wildman–Crippen MR) is 141 cm³/mol. The molecule has 0 unspecified atom stereocenters. The lowest BCUT2D eigenvalue weighted by Gasteiger charge is -2.27. The van der Waals surface area contributed by atoms with Gasteiger partial charge in [-0.3, -0.25) is 9.59 Å². The van der Waals surface area contributed by atoms with Crippen molar-refractivity contribution in [3.8, 4) is 11.5 Å². The molecule has 39 heavy (non-hydrogen) atoms. The van der Waals surface area contributed by atoms with Crippen LogP contribution in [-0.4, -0.2) is 68.5 Å². The molecule has 2 amide bonds. The van der Waals surface area contributed by atoms with Crippen molar-refractivity contribution < 1.29 is 32.6 Å². The van der Waals surface area contributed by atoms with Crippen LogP contribution in [0.5, 0.6) is 11.5 Å². The number of amides is 2. The Bertz CT molecular complexity index is 1380. The van der Waals surface area contributed by atoms with Gasteiger partial charge < -0.3 is 19.1 Å². The molecule has 0 N–H and O–H groups in total. The molecule has 4 rings (SSSR count). The fraction of sp³-hybridized carbons (Fsp3) is 0.276. The molecule has 1 atom stereocenters. The first-order chi connectivity index (χ1) is 18.9. The van der Waals surface area contributed by atoms with Crippen LogP contribution >= 0.6 is 0 Å². The standard InChI is InChI=1S/C29H29F2N3O5/c1-37-14-13-33(29(36)19-7-6-8-20(30)15-19)18-28(35)34-26(22-9-4-5-10-24(22)31)17-25(32-34)23-12-11-21(38-2)16-27(23)39-3/h4-12,15-16,26H,13-14,17-18H2,1-3H3/t26-/m1/s1. The Hall–Kier alpha value is -4.31. The number of carbonyl (C=O) groups is 2. The fourth-order valence-electron chi connectivity index (χ4n) is 4.42. The lowest BCUT2D eigenvalue weighted by Crippen LogP contribution is -2.42. The van der Waals surface area contributed by atoms with E-state index in [0.717, 1.165) is 6.07 Å². The molecule has 10 heteroatoms. The van der Waals surface area contributed by atoms with Gasteiger partial charge in [-0.05, 0) is 36.4 Å². The number of rotatable bonds is 10. The van der Waals surface area contributed by atoms with Gasteiger partial charge in [0, 0.05) is 42.8 Å². The van der Waals surface area contributed by atoms with E-state index in [9.17, 15) is 18.4 Å². The molecule has 0 saturated carbocycles. The number of nitrogens with zero attached hydrogens (tertiary/aromatic N) is 3. The third-order valence-corrected chi connectivity index (χ3v) is 6.40. The summed E-state index contributed by atoms with van der Waals surface area (Å²) < 4.78 is 44.6. The van der Waals surface area contributed by atoms with Crippen LogP contribution in [0.15, 0.2) is 71.8 Å². The number of halogens is 2. The van der Waals surface area contributed by atoms with Crippen molar-refractivity contribution in [3.63, 3.8) is 0 Å². The molecule has 3 aromatic rings. The number of hydrazone groups is 1. The van der Waals surface area contributed by atoms with E-state index in [1.165, 1.54) is 55.5 Å². The number of benzene rings is 3. The number of hydrogen-bond acceptors (Lipinski definition) is 6. The number of methoxy groups -OCH3 is 3. The molecule has 1 aliphatic rings. The zero-order valence-corrected chi connectivity index (χ0v) is 21.9. The summed E-state index contributed by atoms with van der Waals surface area (Å²) in [6.45, 7) is -0.137. The van der Waals surface area contributed by atoms with Crippen LogP contribution in [0.25, 0.3) is 0 Å². The van der Waals surface area contributed by atoms with E-state index >= 15 is 0 Å². The summed E-state index contributed by atoms with van der Waals surface area (Å²) in [6.07, 6.45) is 0.214. The van der Waals surface area contributed by atoms with Crippen LogP contribution in [0.3, 0.4) is 0 Å². The first-order valence-corrected chi connectivity index (χ1v) is 12.3. The smallest absolute Gasteiger partial charge is 0.262 e. The average Bonchev–Trinajstić information content (AvgIpc) is 3.39. The van der Waals surface area contributed by atoms with Crippen molar-refractivity contribution in [1.82, 2.24) is 9.91 Å². The van der Waals surface area contributed by atoms with Crippen molar-refractivity contribution in [2.75, 3.05) is 41.0 Å². The summed E-state index contributed by atoms with van der Waals surface area (Å²) in [6, 6.07) is 15.9. The van der Waals surface area contributed by atoms with Crippen molar-refractivity contribution in [1.29, 1.82) is 0 Å². The maximum atomic E-state index is 14.9. The zero-order valence-electron chi connectivity index (χ0n) is 21.9. The Labute approximate surface area is 225 Å². The first kappa shape index (κ1) is 27.7. The maximum Gasteiger partial charge on any atom is 0.262 e. The minimum atomic E-state index is -0.756. The Morgan fingerprint density at radius 2 is 1.79 bits per heavy atom. The summed E-state index contributed by atoms with van der Waals surface area (Å²) >= 11 is 0. The molecule has 3 aromatic carbocycles. The van der Waals surface area contributed by atoms with Crippen LogP contribution in [0, 0.1) is 11.6 Å². The molecule has 8 nitrogen and oxygen atoms in total.